The Morgan fingerprint density at radius 3 is 1.81 bits per heavy atom. The number of amides is 4. The summed E-state index contributed by atoms with van der Waals surface area (Å²) in [7, 11) is 0.0365. The van der Waals surface area contributed by atoms with Gasteiger partial charge in [-0.05, 0) is 91.4 Å². The van der Waals surface area contributed by atoms with Gasteiger partial charge < -0.3 is 40.3 Å². The molecular formula is C45H43BrCl4F4N9O14S2-. The first-order valence-corrected chi connectivity index (χ1v) is 26.8. The number of primary amides is 1. The summed E-state index contributed by atoms with van der Waals surface area (Å²) in [5.41, 5.74) is 2.99. The van der Waals surface area contributed by atoms with E-state index >= 15 is 0 Å². The molecule has 2 aliphatic rings. The van der Waals surface area contributed by atoms with Crippen LogP contribution < -0.4 is 57.0 Å². The highest BCUT2D eigenvalue weighted by Crippen LogP contribution is 2.43. The first-order valence-electron chi connectivity index (χ1n) is 21.9. The molecule has 4 amide bonds. The SMILES string of the molecule is CCC(=O)C1(NS(=O)(=O)c2cc(Oc3c(Cl)cc(-n4nc(C(F)F)c(=O)[nH]c4=O)cc3Cl)ccc2OC)CC1.CNC(=O)C1(N)CC1.COc1ccc(Oc2c(Cl)cc(Br)cc2Cl)cc1S(=O)[O-].N=C(C(=O)NC(N)=O)C(F)F. The summed E-state index contributed by atoms with van der Waals surface area (Å²) in [4.78, 5) is 68.2. The molecule has 0 radical (unpaired) electrons. The number of aromatic amines is 1. The largest absolute Gasteiger partial charge is 0.768 e. The van der Waals surface area contributed by atoms with Crippen molar-refractivity contribution in [3.05, 3.63) is 112 Å². The molecule has 1 aromatic heterocycles. The van der Waals surface area contributed by atoms with Gasteiger partial charge in [0.15, 0.2) is 28.7 Å². The van der Waals surface area contributed by atoms with E-state index in [1.165, 1.54) is 43.8 Å². The highest BCUT2D eigenvalue weighted by Gasteiger charge is 2.51. The van der Waals surface area contributed by atoms with E-state index in [1.54, 1.807) is 37.2 Å². The number of hydrogen-bond acceptors (Lipinski definition) is 17. The number of sulfonamides is 1. The molecule has 5 aromatic rings. The van der Waals surface area contributed by atoms with Crippen LogP contribution in [0.5, 0.6) is 34.5 Å². The fourth-order valence-corrected chi connectivity index (χ4v) is 10.2. The summed E-state index contributed by atoms with van der Waals surface area (Å²) in [6.45, 7) is 1.64. The van der Waals surface area contributed by atoms with Crippen LogP contribution in [-0.4, -0.2) is 100 Å². The molecule has 1 heterocycles. The Labute approximate surface area is 475 Å². The summed E-state index contributed by atoms with van der Waals surface area (Å²) in [6.07, 6.45) is -3.85. The minimum atomic E-state index is -4.23. The molecule has 4 aromatic carbocycles. The molecular weight excluding hydrogens is 1250 g/mol. The number of aromatic nitrogens is 3. The van der Waals surface area contributed by atoms with Gasteiger partial charge in [-0.15, -0.1) is 0 Å². The highest BCUT2D eigenvalue weighted by molar-refractivity contribution is 9.10. The Kier molecular flexibility index (Phi) is 23.0. The molecule has 428 valence electrons. The molecule has 1 atom stereocenters. The monoisotopic (exact) mass is 1290 g/mol. The quantitative estimate of drug-likeness (QED) is 0.0274. The third-order valence-corrected chi connectivity index (χ3v) is 14.3. The van der Waals surface area contributed by atoms with E-state index in [0.717, 1.165) is 31.0 Å². The van der Waals surface area contributed by atoms with Crippen molar-refractivity contribution < 1.29 is 72.9 Å². The molecule has 0 saturated heterocycles. The lowest BCUT2D eigenvalue weighted by Crippen LogP contribution is -2.42. The van der Waals surface area contributed by atoms with Gasteiger partial charge in [0.05, 0.1) is 56.0 Å². The van der Waals surface area contributed by atoms with Crippen molar-refractivity contribution >= 4 is 113 Å². The van der Waals surface area contributed by atoms with Crippen LogP contribution in [0.3, 0.4) is 0 Å². The number of halogens is 9. The predicted molar refractivity (Wildman–Crippen MR) is 282 cm³/mol. The first-order chi connectivity index (χ1) is 36.9. The van der Waals surface area contributed by atoms with E-state index in [2.05, 4.69) is 36.8 Å². The number of likely N-dealkylation sites (N-methyl/N-ethyl adjacent to an activating group) is 1. The summed E-state index contributed by atoms with van der Waals surface area (Å²) in [6, 6.07) is 12.5. The van der Waals surface area contributed by atoms with E-state index in [-0.39, 0.29) is 78.1 Å². The molecule has 79 heavy (non-hydrogen) atoms. The van der Waals surface area contributed by atoms with Crippen LogP contribution >= 0.6 is 62.3 Å². The number of imide groups is 1. The summed E-state index contributed by atoms with van der Waals surface area (Å²) in [5.74, 6) is -1.19. The van der Waals surface area contributed by atoms with Crippen molar-refractivity contribution in [2.75, 3.05) is 21.3 Å². The Hall–Kier alpha value is -6.22. The van der Waals surface area contributed by atoms with Crippen LogP contribution in [0.2, 0.25) is 20.1 Å². The predicted octanol–water partition coefficient (Wildman–Crippen LogP) is 7.24. The van der Waals surface area contributed by atoms with E-state index in [1.807, 2.05) is 0 Å². The molecule has 2 saturated carbocycles. The van der Waals surface area contributed by atoms with Crippen molar-refractivity contribution in [3.8, 4) is 40.2 Å². The molecule has 23 nitrogen and oxygen atoms in total. The number of alkyl halides is 4. The van der Waals surface area contributed by atoms with Crippen LogP contribution in [0, 0.1) is 5.41 Å². The van der Waals surface area contributed by atoms with E-state index in [0.29, 0.717) is 32.0 Å². The maximum Gasteiger partial charge on any atom is 0.349 e. The summed E-state index contributed by atoms with van der Waals surface area (Å²) in [5, 5.41) is 13.8. The molecule has 2 aliphatic carbocycles. The van der Waals surface area contributed by atoms with Gasteiger partial charge in [-0.1, -0.05) is 69.3 Å². The molecule has 9 N–H and O–H groups in total. The maximum atomic E-state index is 13.2. The number of rotatable bonds is 17. The Morgan fingerprint density at radius 2 is 1.39 bits per heavy atom. The zero-order valence-electron chi connectivity index (χ0n) is 40.9. The molecule has 7 rings (SSSR count). The fourth-order valence-electron chi connectivity index (χ4n) is 6.24. The van der Waals surface area contributed by atoms with Crippen molar-refractivity contribution in [2.45, 2.75) is 72.7 Å². The van der Waals surface area contributed by atoms with E-state index in [9.17, 15) is 63.5 Å². The standard InChI is InChI=1S/C23H20Cl2F2N4O7S.C13H9BrCl2O4S.C5H10N2O.C4H5F2N3O2/c1-3-17(32)23(6-7-23)30-39(35,36)16-10-12(4-5-15(16)37-2)38-19-13(24)8-11(9-14(19)25)31-22(34)28-21(33)18(29-31)20(26)27;1-19-11-3-2-8(6-12(11)21(17)18)20-13-9(15)4-7(14)5-10(13)16;1-7-4(8)5(6)2-3-5;5-2(6)1(7)3(10)9-4(8)11/h4-5,8-10,20,30H,3,6-7H2,1-2H3,(H,28,33,34);2-6H,1H3,(H,17,18);2-3,6H2,1H3,(H,7,8);2,7H,(H3,8,9,10,11)/p-1. The van der Waals surface area contributed by atoms with Crippen LogP contribution in [0.25, 0.3) is 5.69 Å². The molecule has 0 aliphatic heterocycles. The van der Waals surface area contributed by atoms with Crippen molar-refractivity contribution in [1.29, 1.82) is 5.41 Å². The second kappa shape index (κ2) is 27.8. The number of methoxy groups -OCH3 is 2. The average molecular weight is 1300 g/mol. The number of carbonyl (C=O) groups is 4. The van der Waals surface area contributed by atoms with Gasteiger partial charge in [-0.25, -0.2) is 35.6 Å². The number of Topliss-reactive ketones (excluding diaryl/α,β-unsaturated/α-hetero) is 1. The average Bonchev–Trinajstić information content (AvgIpc) is 4.41. The number of carbonyl (C=O) groups excluding carboxylic acids is 4. The zero-order chi connectivity index (χ0) is 59.5. The molecule has 0 bridgehead atoms. The van der Waals surface area contributed by atoms with Crippen LogP contribution in [0.1, 0.15) is 51.1 Å². The van der Waals surface area contributed by atoms with Crippen LogP contribution in [0.15, 0.2) is 84.5 Å². The van der Waals surface area contributed by atoms with Gasteiger partial charge in [0, 0.05) is 24.0 Å². The van der Waals surface area contributed by atoms with Gasteiger partial charge in [0.2, 0.25) is 15.9 Å². The number of nitrogens with zero attached hydrogens (tertiary/aromatic N) is 2. The van der Waals surface area contributed by atoms with Crippen molar-refractivity contribution in [1.82, 2.24) is 30.1 Å². The van der Waals surface area contributed by atoms with Gasteiger partial charge in [-0.3, -0.25) is 39.1 Å². The third-order valence-electron chi connectivity index (χ3n) is 10.5. The lowest BCUT2D eigenvalue weighted by atomic mass is 10.1. The second-order valence-electron chi connectivity index (χ2n) is 16.1. The zero-order valence-corrected chi connectivity index (χ0v) is 47.2. The minimum absolute atomic E-state index is 0.0134. The lowest BCUT2D eigenvalue weighted by molar-refractivity contribution is -0.123. The third kappa shape index (κ3) is 17.4. The van der Waals surface area contributed by atoms with Gasteiger partial charge in [0.1, 0.15) is 27.9 Å². The molecule has 34 heteroatoms. The second-order valence-corrected chi connectivity index (χ2v) is 21.2. The smallest absolute Gasteiger partial charge is 0.349 e. The number of nitrogens with one attached hydrogen (secondary N) is 5. The highest BCUT2D eigenvalue weighted by atomic mass is 79.9. The number of ketones is 1. The van der Waals surface area contributed by atoms with Gasteiger partial charge in [-0.2, -0.15) is 14.5 Å². The summed E-state index contributed by atoms with van der Waals surface area (Å²) >= 11 is 25.5. The normalized spacial score (nSPS) is 13.8. The number of nitrogens with two attached hydrogens (primary N) is 2. The van der Waals surface area contributed by atoms with Crippen LogP contribution in [0.4, 0.5) is 22.4 Å². The number of benzene rings is 4. The maximum absolute atomic E-state index is 13.2. The van der Waals surface area contributed by atoms with Gasteiger partial charge >= 0.3 is 11.7 Å². The number of urea groups is 1. The number of hydrogen-bond donors (Lipinski definition) is 7. The Balaban J connectivity index is 0.000000277. The molecule has 1 unspecified atom stereocenters. The Morgan fingerprint density at radius 1 is 0.886 bits per heavy atom. The first kappa shape index (κ1) is 65.3. The topological polar surface area (TPSA) is 359 Å². The number of ether oxygens (including phenoxy) is 4. The summed E-state index contributed by atoms with van der Waals surface area (Å²) < 4.78 is 123. The van der Waals surface area contributed by atoms with Crippen LogP contribution in [-0.2, 0) is 35.5 Å². The molecule has 0 spiro atoms. The van der Waals surface area contributed by atoms with Gasteiger partial charge in [0.25, 0.3) is 24.3 Å². The van der Waals surface area contributed by atoms with Crippen molar-refractivity contribution in [3.63, 3.8) is 0 Å². The minimum Gasteiger partial charge on any atom is -0.768 e. The Bertz CT molecular complexity index is 3380. The fraction of sp³-hybridized carbons (Fsp3) is 0.289. The molecule has 2 fully saturated rings. The lowest BCUT2D eigenvalue weighted by Gasteiger charge is -2.18. The van der Waals surface area contributed by atoms with E-state index < -0.39 is 79.6 Å². The number of H-pyrrole nitrogens is 1. The van der Waals surface area contributed by atoms with E-state index in [4.69, 9.17) is 76.5 Å². The van der Waals surface area contributed by atoms with Crippen molar-refractivity contribution in [2.24, 2.45) is 11.5 Å².